The Labute approximate surface area is 114 Å². The maximum absolute atomic E-state index is 12.0. The van der Waals surface area contributed by atoms with Crippen LogP contribution in [0.15, 0.2) is 12.2 Å². The zero-order valence-corrected chi connectivity index (χ0v) is 12.5. The summed E-state index contributed by atoms with van der Waals surface area (Å²) < 4.78 is 10.1. The van der Waals surface area contributed by atoms with Crippen molar-refractivity contribution in [1.82, 2.24) is 4.90 Å². The van der Waals surface area contributed by atoms with Crippen LogP contribution < -0.4 is 0 Å². The molecule has 1 amide bonds. The van der Waals surface area contributed by atoms with Gasteiger partial charge in [0.2, 0.25) is 0 Å². The Kier molecular flexibility index (Phi) is 4.28. The summed E-state index contributed by atoms with van der Waals surface area (Å²) in [5.74, 6) is -0.396. The molecule has 0 radical (unpaired) electrons. The highest BCUT2D eigenvalue weighted by atomic mass is 16.6. The first-order valence-corrected chi connectivity index (χ1v) is 6.50. The predicted molar refractivity (Wildman–Crippen MR) is 71.7 cm³/mol. The maximum Gasteiger partial charge on any atom is 0.411 e. The van der Waals surface area contributed by atoms with E-state index in [4.69, 9.17) is 9.47 Å². The second-order valence-electron chi connectivity index (χ2n) is 5.84. The third kappa shape index (κ3) is 3.72. The molecular weight excluding hydrogens is 246 g/mol. The van der Waals surface area contributed by atoms with Crippen molar-refractivity contribution in [3.63, 3.8) is 0 Å². The van der Waals surface area contributed by atoms with Crippen LogP contribution in [0.1, 0.15) is 41.5 Å². The van der Waals surface area contributed by atoms with Gasteiger partial charge in [-0.3, -0.25) is 4.90 Å². The number of nitrogens with zero attached hydrogens (tertiary/aromatic N) is 1. The molecule has 0 aromatic carbocycles. The molecule has 0 spiro atoms. The van der Waals surface area contributed by atoms with E-state index < -0.39 is 17.1 Å². The van der Waals surface area contributed by atoms with E-state index in [2.05, 4.69) is 0 Å². The molecule has 1 aliphatic rings. The summed E-state index contributed by atoms with van der Waals surface area (Å²) in [6.07, 6.45) is 2.69. The third-order valence-corrected chi connectivity index (χ3v) is 3.12. The van der Waals surface area contributed by atoms with Gasteiger partial charge in [-0.15, -0.1) is 0 Å². The minimum absolute atomic E-state index is 0.00743. The van der Waals surface area contributed by atoms with Gasteiger partial charge in [0, 0.05) is 6.08 Å². The van der Waals surface area contributed by atoms with Crippen molar-refractivity contribution in [2.75, 3.05) is 6.61 Å². The third-order valence-electron chi connectivity index (χ3n) is 3.12. The normalized spacial score (nSPS) is 26.4. The van der Waals surface area contributed by atoms with Crippen LogP contribution in [-0.2, 0) is 14.3 Å². The number of rotatable bonds is 3. The van der Waals surface area contributed by atoms with Gasteiger partial charge in [0.05, 0.1) is 18.2 Å². The van der Waals surface area contributed by atoms with Crippen molar-refractivity contribution in [2.24, 2.45) is 0 Å². The van der Waals surface area contributed by atoms with E-state index in [1.54, 1.807) is 17.9 Å². The molecule has 0 bridgehead atoms. The number of esters is 1. The Balaban J connectivity index is 2.65. The van der Waals surface area contributed by atoms with E-state index in [9.17, 15) is 9.59 Å². The molecule has 2 atom stereocenters. The van der Waals surface area contributed by atoms with Gasteiger partial charge >= 0.3 is 12.1 Å². The molecule has 0 saturated carbocycles. The van der Waals surface area contributed by atoms with Crippen molar-refractivity contribution in [3.05, 3.63) is 12.2 Å². The Hall–Kier alpha value is -1.52. The van der Waals surface area contributed by atoms with Crippen molar-refractivity contribution in [3.8, 4) is 0 Å². The van der Waals surface area contributed by atoms with Crippen molar-refractivity contribution in [1.29, 1.82) is 0 Å². The van der Waals surface area contributed by atoms with Gasteiger partial charge in [-0.05, 0) is 47.6 Å². The number of ether oxygens (including phenoxy) is 2. The quantitative estimate of drug-likeness (QED) is 0.449. The number of amides is 1. The fourth-order valence-electron chi connectivity index (χ4n) is 1.89. The summed E-state index contributed by atoms with van der Waals surface area (Å²) >= 11 is 0. The van der Waals surface area contributed by atoms with Gasteiger partial charge in [0.15, 0.2) is 0 Å². The molecule has 0 unspecified atom stereocenters. The second kappa shape index (κ2) is 5.23. The van der Waals surface area contributed by atoms with Crippen LogP contribution in [0.5, 0.6) is 0 Å². The molecule has 1 rings (SSSR count). The number of hydrogen-bond acceptors (Lipinski definition) is 4. The Morgan fingerprint density at radius 3 is 2.42 bits per heavy atom. The lowest BCUT2D eigenvalue weighted by Crippen LogP contribution is -2.29. The van der Waals surface area contributed by atoms with Gasteiger partial charge in [0.1, 0.15) is 5.60 Å². The first-order chi connectivity index (χ1) is 8.62. The fraction of sp³-hybridized carbons (Fsp3) is 0.714. The first kappa shape index (κ1) is 15.5. The number of carbonyl (C=O) groups excluding carboxylic acids is 2. The summed E-state index contributed by atoms with van der Waals surface area (Å²) in [4.78, 5) is 24.9. The summed E-state index contributed by atoms with van der Waals surface area (Å²) in [5, 5.41) is 0. The SMILES string of the molecule is CCOC(=O)/C=C/[C@]1(C)[C@H](C)N1C(=O)OC(C)(C)C. The van der Waals surface area contributed by atoms with Crippen LogP contribution in [0.25, 0.3) is 0 Å². The lowest BCUT2D eigenvalue weighted by molar-refractivity contribution is -0.137. The van der Waals surface area contributed by atoms with E-state index in [0.29, 0.717) is 6.61 Å². The standard InChI is InChI=1S/C14H23NO4/c1-7-18-11(16)8-9-14(6)10(2)15(14)12(17)19-13(3,4)5/h8-10H,7H2,1-6H3/b9-8+/t10-,14+,15?/m0/s1. The zero-order valence-electron chi connectivity index (χ0n) is 12.5. The Morgan fingerprint density at radius 2 is 1.95 bits per heavy atom. The molecule has 19 heavy (non-hydrogen) atoms. The summed E-state index contributed by atoms with van der Waals surface area (Å²) in [5.41, 5.74) is -1.000. The van der Waals surface area contributed by atoms with Crippen LogP contribution >= 0.6 is 0 Å². The first-order valence-electron chi connectivity index (χ1n) is 6.50. The van der Waals surface area contributed by atoms with Crippen LogP contribution in [-0.4, -0.2) is 40.8 Å². The van der Waals surface area contributed by atoms with Gasteiger partial charge in [0.25, 0.3) is 0 Å². The highest BCUT2D eigenvalue weighted by Gasteiger charge is 2.58. The minimum Gasteiger partial charge on any atom is -0.463 e. The molecule has 1 saturated heterocycles. The van der Waals surface area contributed by atoms with Crippen LogP contribution in [0.4, 0.5) is 4.79 Å². The maximum atomic E-state index is 12.0. The van der Waals surface area contributed by atoms with E-state index in [1.165, 1.54) is 6.08 Å². The predicted octanol–water partition coefficient (Wildman–Crippen LogP) is 2.50. The van der Waals surface area contributed by atoms with Gasteiger partial charge < -0.3 is 9.47 Å². The van der Waals surface area contributed by atoms with Gasteiger partial charge in [-0.2, -0.15) is 0 Å². The molecule has 1 heterocycles. The molecule has 108 valence electrons. The summed E-state index contributed by atoms with van der Waals surface area (Å²) in [7, 11) is 0. The van der Waals surface area contributed by atoms with Crippen LogP contribution in [0.3, 0.4) is 0 Å². The van der Waals surface area contributed by atoms with E-state index in [-0.39, 0.29) is 12.1 Å². The fourth-order valence-corrected chi connectivity index (χ4v) is 1.89. The van der Waals surface area contributed by atoms with E-state index >= 15 is 0 Å². The Bertz CT molecular complexity index is 397. The van der Waals surface area contributed by atoms with Crippen molar-refractivity contribution in [2.45, 2.75) is 58.7 Å². The molecular formula is C14H23NO4. The monoisotopic (exact) mass is 269 g/mol. The average molecular weight is 269 g/mol. The number of carbonyl (C=O) groups is 2. The zero-order chi connectivity index (χ0) is 14.8. The molecule has 1 fully saturated rings. The highest BCUT2D eigenvalue weighted by molar-refractivity contribution is 5.83. The number of hydrogen-bond donors (Lipinski definition) is 0. The average Bonchev–Trinajstić information content (AvgIpc) is 2.77. The van der Waals surface area contributed by atoms with Crippen molar-refractivity contribution < 1.29 is 19.1 Å². The summed E-state index contributed by atoms with van der Waals surface area (Å²) in [6, 6.07) is 0.00743. The minimum atomic E-state index is -0.523. The van der Waals surface area contributed by atoms with E-state index in [1.807, 2.05) is 34.6 Å². The Morgan fingerprint density at radius 1 is 1.37 bits per heavy atom. The molecule has 0 N–H and O–H groups in total. The lowest BCUT2D eigenvalue weighted by Gasteiger charge is -2.20. The van der Waals surface area contributed by atoms with Gasteiger partial charge in [-0.25, -0.2) is 9.59 Å². The van der Waals surface area contributed by atoms with Crippen molar-refractivity contribution >= 4 is 12.1 Å². The van der Waals surface area contributed by atoms with E-state index in [0.717, 1.165) is 0 Å². The highest BCUT2D eigenvalue weighted by Crippen LogP contribution is 2.42. The molecule has 5 heteroatoms. The molecule has 0 aliphatic carbocycles. The topological polar surface area (TPSA) is 55.6 Å². The molecule has 0 aromatic rings. The largest absolute Gasteiger partial charge is 0.463 e. The second-order valence-corrected chi connectivity index (χ2v) is 5.84. The lowest BCUT2D eigenvalue weighted by atomic mass is 10.1. The summed E-state index contributed by atoms with van der Waals surface area (Å²) in [6.45, 7) is 11.4. The van der Waals surface area contributed by atoms with Crippen LogP contribution in [0, 0.1) is 0 Å². The van der Waals surface area contributed by atoms with Crippen LogP contribution in [0.2, 0.25) is 0 Å². The molecule has 1 aliphatic heterocycles. The molecule has 0 aromatic heterocycles. The van der Waals surface area contributed by atoms with Gasteiger partial charge in [-0.1, -0.05) is 0 Å². The smallest absolute Gasteiger partial charge is 0.411 e. The molecule has 5 nitrogen and oxygen atoms in total.